The van der Waals surface area contributed by atoms with Crippen molar-refractivity contribution in [1.29, 1.82) is 0 Å². The van der Waals surface area contributed by atoms with Gasteiger partial charge >= 0.3 is 6.03 Å². The van der Waals surface area contributed by atoms with Crippen LogP contribution in [0.3, 0.4) is 0 Å². The molecule has 1 atom stereocenters. The Morgan fingerprint density at radius 2 is 2.14 bits per heavy atom. The fraction of sp³-hybridized carbons (Fsp3) is 0.333. The Kier molecular flexibility index (Phi) is 5.32. The summed E-state index contributed by atoms with van der Waals surface area (Å²) < 4.78 is 5.13. The van der Waals surface area contributed by atoms with Crippen LogP contribution in [0.4, 0.5) is 22.2 Å². The number of anilines is 3. The normalized spacial score (nSPS) is 16.8. The summed E-state index contributed by atoms with van der Waals surface area (Å²) in [5.41, 5.74) is 8.86. The Labute approximate surface area is 170 Å². The molecule has 3 heterocycles. The number of nitrogens with one attached hydrogen (secondary N) is 1. The molecule has 29 heavy (non-hydrogen) atoms. The van der Waals surface area contributed by atoms with E-state index in [0.717, 1.165) is 5.75 Å². The number of benzene rings is 1. The minimum absolute atomic E-state index is 0.137. The van der Waals surface area contributed by atoms with Crippen molar-refractivity contribution in [3.63, 3.8) is 0 Å². The van der Waals surface area contributed by atoms with Gasteiger partial charge in [-0.1, -0.05) is 0 Å². The molecule has 1 saturated heterocycles. The van der Waals surface area contributed by atoms with Crippen molar-refractivity contribution in [2.24, 2.45) is 0 Å². The first-order valence-electron chi connectivity index (χ1n) is 9.03. The molecular weight excluding hydrogens is 394 g/mol. The molecule has 0 unspecified atom stereocenters. The van der Waals surface area contributed by atoms with Gasteiger partial charge in [0.15, 0.2) is 10.6 Å². The first kappa shape index (κ1) is 19.2. The number of carbonyl (C=O) groups excluding carboxylic acids is 1. The van der Waals surface area contributed by atoms with Crippen LogP contribution >= 0.6 is 11.3 Å². The van der Waals surface area contributed by atoms with E-state index in [1.54, 1.807) is 41.8 Å². The summed E-state index contributed by atoms with van der Waals surface area (Å²) in [6.45, 7) is 1.16. The number of methoxy groups -OCH3 is 1. The number of nitrogens with two attached hydrogens (primary N) is 1. The number of carbonyl (C=O) groups is 1. The van der Waals surface area contributed by atoms with Gasteiger partial charge in [0.05, 0.1) is 25.3 Å². The Bertz CT molecular complexity index is 1010. The molecule has 1 aliphatic rings. The first-order chi connectivity index (χ1) is 14.1. The van der Waals surface area contributed by atoms with E-state index in [1.165, 1.54) is 11.3 Å². The Morgan fingerprint density at radius 3 is 2.86 bits per heavy atom. The number of hydrogen-bond acceptors (Lipinski definition) is 9. The van der Waals surface area contributed by atoms with E-state index in [0.29, 0.717) is 41.5 Å². The number of nitrogen functional groups attached to an aromatic ring is 1. The second kappa shape index (κ2) is 8.05. The van der Waals surface area contributed by atoms with Gasteiger partial charge < -0.3 is 30.7 Å². The monoisotopic (exact) mass is 415 g/mol. The molecule has 0 saturated carbocycles. The number of aromatic nitrogens is 3. The van der Waals surface area contributed by atoms with Crippen molar-refractivity contribution in [2.45, 2.75) is 6.04 Å². The highest BCUT2D eigenvalue weighted by Crippen LogP contribution is 2.29. The molecule has 3 aromatic rings. The zero-order valence-corrected chi connectivity index (χ0v) is 16.6. The third kappa shape index (κ3) is 3.87. The maximum atomic E-state index is 12.7. The zero-order valence-electron chi connectivity index (χ0n) is 15.8. The lowest BCUT2D eigenvalue weighted by atomic mass is 10.1. The molecule has 0 radical (unpaired) electrons. The van der Waals surface area contributed by atoms with Crippen LogP contribution < -0.4 is 20.7 Å². The largest absolute Gasteiger partial charge is 0.497 e. The second-order valence-electron chi connectivity index (χ2n) is 6.55. The molecule has 0 spiro atoms. The van der Waals surface area contributed by atoms with Crippen LogP contribution in [0, 0.1) is 0 Å². The standard InChI is InChI=1S/C18H21N7O3S/c1-28-13-4-2-11(3-5-13)21-18(27)24-6-7-25(12(8-24)9-26)15-14-16(29-10-20-14)23-17(19)22-15/h2-5,10,12,26H,6-9H2,1H3,(H,21,27)(H2,19,22,23)/t12-/m0/s1. The predicted octanol–water partition coefficient (Wildman–Crippen LogP) is 1.39. The fourth-order valence-corrected chi connectivity index (χ4v) is 3.97. The molecular formula is C18H21N7O3S. The number of hydrogen-bond donors (Lipinski definition) is 3. The van der Waals surface area contributed by atoms with Crippen molar-refractivity contribution in [1.82, 2.24) is 19.9 Å². The van der Waals surface area contributed by atoms with E-state index >= 15 is 0 Å². The number of rotatable bonds is 4. The third-order valence-corrected chi connectivity index (χ3v) is 5.51. The lowest BCUT2D eigenvalue weighted by Gasteiger charge is -2.41. The average molecular weight is 415 g/mol. The molecule has 2 amide bonds. The summed E-state index contributed by atoms with van der Waals surface area (Å²) in [4.78, 5) is 29.9. The lowest BCUT2D eigenvalue weighted by molar-refractivity contribution is 0.174. The van der Waals surface area contributed by atoms with Crippen molar-refractivity contribution < 1.29 is 14.6 Å². The third-order valence-electron chi connectivity index (χ3n) is 4.79. The van der Waals surface area contributed by atoms with Crippen molar-refractivity contribution in [3.05, 3.63) is 29.8 Å². The average Bonchev–Trinajstić information content (AvgIpc) is 3.21. The van der Waals surface area contributed by atoms with E-state index in [1.807, 2.05) is 4.90 Å². The quantitative estimate of drug-likeness (QED) is 0.583. The number of urea groups is 1. The van der Waals surface area contributed by atoms with Gasteiger partial charge in [-0.15, -0.1) is 11.3 Å². The molecule has 0 bridgehead atoms. The summed E-state index contributed by atoms with van der Waals surface area (Å²) in [6, 6.07) is 6.56. The highest BCUT2D eigenvalue weighted by atomic mass is 32.1. The van der Waals surface area contributed by atoms with E-state index < -0.39 is 0 Å². The number of nitrogens with zero attached hydrogens (tertiary/aromatic N) is 5. The summed E-state index contributed by atoms with van der Waals surface area (Å²) in [5.74, 6) is 1.46. The number of amides is 2. The molecule has 0 aliphatic carbocycles. The summed E-state index contributed by atoms with van der Waals surface area (Å²) in [5, 5.41) is 12.8. The smallest absolute Gasteiger partial charge is 0.321 e. The zero-order chi connectivity index (χ0) is 20.4. The molecule has 1 aromatic carbocycles. The minimum Gasteiger partial charge on any atom is -0.497 e. The second-order valence-corrected chi connectivity index (χ2v) is 7.38. The molecule has 4 N–H and O–H groups in total. The van der Waals surface area contributed by atoms with Crippen LogP contribution in [0.2, 0.25) is 0 Å². The fourth-order valence-electron chi connectivity index (χ4n) is 3.32. The molecule has 11 heteroatoms. The number of aliphatic hydroxyl groups is 1. The van der Waals surface area contributed by atoms with Crippen LogP contribution in [0.15, 0.2) is 29.8 Å². The molecule has 1 fully saturated rings. The van der Waals surface area contributed by atoms with Gasteiger partial charge in [0, 0.05) is 25.3 Å². The lowest BCUT2D eigenvalue weighted by Crippen LogP contribution is -2.57. The first-order valence-corrected chi connectivity index (χ1v) is 9.91. The number of piperazine rings is 1. The van der Waals surface area contributed by atoms with Crippen molar-refractivity contribution in [3.8, 4) is 5.75 Å². The Morgan fingerprint density at radius 1 is 1.34 bits per heavy atom. The minimum atomic E-state index is -0.329. The van der Waals surface area contributed by atoms with Gasteiger partial charge in [-0.25, -0.2) is 14.8 Å². The van der Waals surface area contributed by atoms with Gasteiger partial charge in [-0.3, -0.25) is 0 Å². The van der Waals surface area contributed by atoms with Crippen LogP contribution in [0.5, 0.6) is 5.75 Å². The van der Waals surface area contributed by atoms with Gasteiger partial charge in [0.2, 0.25) is 5.95 Å². The molecule has 1 aliphatic heterocycles. The van der Waals surface area contributed by atoms with Gasteiger partial charge in [0.25, 0.3) is 0 Å². The van der Waals surface area contributed by atoms with Gasteiger partial charge in [-0.2, -0.15) is 4.98 Å². The topological polar surface area (TPSA) is 130 Å². The van der Waals surface area contributed by atoms with E-state index in [2.05, 4.69) is 20.3 Å². The van der Waals surface area contributed by atoms with Crippen molar-refractivity contribution in [2.75, 3.05) is 49.3 Å². The number of ether oxygens (including phenoxy) is 1. The summed E-state index contributed by atoms with van der Waals surface area (Å²) in [6.07, 6.45) is 0. The predicted molar refractivity (Wildman–Crippen MR) is 111 cm³/mol. The highest BCUT2D eigenvalue weighted by Gasteiger charge is 2.32. The molecule has 10 nitrogen and oxygen atoms in total. The van der Waals surface area contributed by atoms with E-state index in [9.17, 15) is 9.90 Å². The maximum Gasteiger partial charge on any atom is 0.321 e. The summed E-state index contributed by atoms with van der Waals surface area (Å²) in [7, 11) is 1.59. The molecule has 152 valence electrons. The molecule has 2 aromatic heterocycles. The molecule has 4 rings (SSSR count). The van der Waals surface area contributed by atoms with Crippen molar-refractivity contribution >= 4 is 45.2 Å². The highest BCUT2D eigenvalue weighted by molar-refractivity contribution is 7.16. The van der Waals surface area contributed by atoms with E-state index in [-0.39, 0.29) is 24.6 Å². The number of fused-ring (bicyclic) bond motifs is 1. The maximum absolute atomic E-state index is 12.7. The van der Waals surface area contributed by atoms with Gasteiger partial charge in [0.1, 0.15) is 11.3 Å². The SMILES string of the molecule is COc1ccc(NC(=O)N2CCN(c3nc(N)nc4scnc34)[C@H](CO)C2)cc1. The van der Waals surface area contributed by atoms with Crippen LogP contribution in [-0.2, 0) is 0 Å². The van der Waals surface area contributed by atoms with Crippen LogP contribution in [0.1, 0.15) is 0 Å². The summed E-state index contributed by atoms with van der Waals surface area (Å²) >= 11 is 1.38. The van der Waals surface area contributed by atoms with Gasteiger partial charge in [-0.05, 0) is 24.3 Å². The Balaban J connectivity index is 1.49. The Hall–Kier alpha value is -3.18. The number of thiazole rings is 1. The van der Waals surface area contributed by atoms with Crippen LogP contribution in [-0.4, -0.2) is 70.4 Å². The van der Waals surface area contributed by atoms with E-state index in [4.69, 9.17) is 10.5 Å². The van der Waals surface area contributed by atoms with Crippen LogP contribution in [0.25, 0.3) is 10.3 Å². The number of aliphatic hydroxyl groups excluding tert-OH is 1.